The van der Waals surface area contributed by atoms with E-state index in [-0.39, 0.29) is 189 Å². The van der Waals surface area contributed by atoms with Crippen LogP contribution < -0.4 is 0 Å². The fourth-order valence-corrected chi connectivity index (χ4v) is 2.86. The number of phenols is 6. The van der Waals surface area contributed by atoms with Gasteiger partial charge < -0.3 is 52.9 Å². The smallest absolute Gasteiger partial charge is 0.167 e. The zero-order valence-electron chi connectivity index (χ0n) is 32.0. The molecule has 0 bridgehead atoms. The summed E-state index contributed by atoms with van der Waals surface area (Å²) in [4.78, 5) is 12.9. The van der Waals surface area contributed by atoms with Crippen LogP contribution in [-0.4, -0.2) is 45.6 Å². The molecular formula is C36H60N3O6Y3-3. The fourth-order valence-electron chi connectivity index (χ4n) is 2.86. The zero-order valence-corrected chi connectivity index (χ0v) is 40.5. The Kier molecular flexibility index (Phi) is 60.0. The maximum atomic E-state index is 10.2. The Morgan fingerprint density at radius 1 is 0.333 bits per heavy atom. The van der Waals surface area contributed by atoms with Crippen molar-refractivity contribution in [2.24, 2.45) is 0 Å². The quantitative estimate of drug-likeness (QED) is 0.110. The molecule has 12 heteroatoms. The van der Waals surface area contributed by atoms with Gasteiger partial charge in [0.1, 0.15) is 34.5 Å². The van der Waals surface area contributed by atoms with E-state index in [2.05, 4.69) is 15.0 Å². The number of aromatic nitrogens is 3. The normalized spacial score (nSPS) is 7.50. The van der Waals surface area contributed by atoms with E-state index >= 15 is 0 Å². The van der Waals surface area contributed by atoms with E-state index < -0.39 is 0 Å². The standard InChI is InChI=1S/C21H15N3O6.6C2H6.3CH3.3Y/c25-10-1-4-13(16(28)7-10)19-22-20(14-5-2-11(26)8-17(14)29)24-21(23-19)15-6-3-12(27)9-18(15)30;6*1-2;;;;;;/h1-9,25-30H;6*1-2H3;3*1H3;;;/q;;;;;;;3*-1;;;. The number of aromatic hydroxyl groups is 6. The van der Waals surface area contributed by atoms with Gasteiger partial charge >= 0.3 is 0 Å². The largest absolute Gasteiger partial charge is 0.508 e. The van der Waals surface area contributed by atoms with Crippen molar-refractivity contribution in [3.63, 3.8) is 0 Å². The van der Waals surface area contributed by atoms with Crippen LogP contribution >= 0.6 is 0 Å². The third kappa shape index (κ3) is 22.5. The molecule has 4 rings (SSSR count). The van der Waals surface area contributed by atoms with E-state index in [0.29, 0.717) is 0 Å². The minimum Gasteiger partial charge on any atom is -0.508 e. The Hall–Kier alpha value is -1.22. The molecule has 0 fully saturated rings. The molecule has 1 heterocycles. The maximum Gasteiger partial charge on any atom is 0.167 e. The minimum absolute atomic E-state index is 0. The predicted molar refractivity (Wildman–Crippen MR) is 193 cm³/mol. The molecule has 0 saturated carbocycles. The Labute approximate surface area is 368 Å². The number of hydrogen-bond acceptors (Lipinski definition) is 9. The Morgan fingerprint density at radius 3 is 0.646 bits per heavy atom. The first-order chi connectivity index (χ1) is 20.3. The summed E-state index contributed by atoms with van der Waals surface area (Å²) in [6.07, 6.45) is 0. The van der Waals surface area contributed by atoms with Crippen molar-refractivity contribution in [3.8, 4) is 68.7 Å². The molecule has 3 aromatic carbocycles. The molecular weight excluding hydrogens is 837 g/mol. The van der Waals surface area contributed by atoms with Crippen molar-refractivity contribution in [2.45, 2.75) is 83.1 Å². The number of nitrogens with zero attached hydrogens (tertiary/aromatic N) is 3. The van der Waals surface area contributed by atoms with Crippen molar-refractivity contribution in [1.82, 2.24) is 15.0 Å². The van der Waals surface area contributed by atoms with Crippen LogP contribution in [0.15, 0.2) is 54.6 Å². The number of benzene rings is 3. The van der Waals surface area contributed by atoms with Crippen molar-refractivity contribution >= 4 is 0 Å². The summed E-state index contributed by atoms with van der Waals surface area (Å²) in [6, 6.07) is 11.6. The van der Waals surface area contributed by atoms with Crippen molar-refractivity contribution in [1.29, 1.82) is 0 Å². The summed E-state index contributed by atoms with van der Waals surface area (Å²) >= 11 is 0. The molecule has 0 aliphatic heterocycles. The van der Waals surface area contributed by atoms with Crippen molar-refractivity contribution in [2.75, 3.05) is 0 Å². The van der Waals surface area contributed by atoms with Crippen LogP contribution in [0, 0.1) is 22.3 Å². The Balaban J connectivity index is -0.000000109. The van der Waals surface area contributed by atoms with Gasteiger partial charge in [0.2, 0.25) is 0 Å². The summed E-state index contributed by atoms with van der Waals surface area (Å²) in [6.45, 7) is 24.0. The molecule has 0 aliphatic carbocycles. The second kappa shape index (κ2) is 42.0. The van der Waals surface area contributed by atoms with Crippen molar-refractivity contribution < 1.29 is 129 Å². The van der Waals surface area contributed by atoms with Gasteiger partial charge in [-0.3, -0.25) is 0 Å². The number of rotatable bonds is 3. The fraction of sp³-hybridized carbons (Fsp3) is 0.333. The number of hydrogen-bond donors (Lipinski definition) is 6. The van der Waals surface area contributed by atoms with E-state index in [1.165, 1.54) is 36.4 Å². The number of phenolic OH excluding ortho intramolecular Hbond substituents is 6. The Morgan fingerprint density at radius 2 is 0.500 bits per heavy atom. The summed E-state index contributed by atoms with van der Waals surface area (Å²) in [5, 5.41) is 59.3. The van der Waals surface area contributed by atoms with E-state index in [0.717, 1.165) is 18.2 Å². The van der Waals surface area contributed by atoms with Crippen LogP contribution in [0.4, 0.5) is 0 Å². The van der Waals surface area contributed by atoms with Crippen LogP contribution in [-0.2, 0) is 98.1 Å². The third-order valence-corrected chi connectivity index (χ3v) is 4.30. The van der Waals surface area contributed by atoms with Crippen LogP contribution in [0.3, 0.4) is 0 Å². The molecule has 4 aromatic rings. The van der Waals surface area contributed by atoms with Crippen LogP contribution in [0.25, 0.3) is 34.2 Å². The van der Waals surface area contributed by atoms with Gasteiger partial charge in [-0.1, -0.05) is 83.1 Å². The monoisotopic (exact) mass is 897 g/mol. The van der Waals surface area contributed by atoms with E-state index in [1.807, 2.05) is 83.1 Å². The average molecular weight is 898 g/mol. The molecule has 0 unspecified atom stereocenters. The van der Waals surface area contributed by atoms with Gasteiger partial charge in [0, 0.05) is 116 Å². The second-order valence-electron chi connectivity index (χ2n) is 6.41. The SMILES string of the molecule is CC.CC.CC.CC.CC.CC.Oc1ccc(-c2nc(-c3ccc(O)cc3O)nc(-c3ccc(O)cc3O)n2)c(O)c1.[CH3-].[CH3-].[CH3-].[Y].[Y].[Y]. The first-order valence-electron chi connectivity index (χ1n) is 14.6. The van der Waals surface area contributed by atoms with E-state index in [4.69, 9.17) is 0 Å². The van der Waals surface area contributed by atoms with E-state index in [9.17, 15) is 30.6 Å². The van der Waals surface area contributed by atoms with Gasteiger partial charge in [-0.2, -0.15) is 0 Å². The van der Waals surface area contributed by atoms with Gasteiger partial charge in [0.25, 0.3) is 0 Å². The molecule has 0 atom stereocenters. The molecule has 0 saturated heterocycles. The summed E-state index contributed by atoms with van der Waals surface area (Å²) in [5.41, 5.74) is 0.526. The topological polar surface area (TPSA) is 160 Å². The second-order valence-corrected chi connectivity index (χ2v) is 6.41. The molecule has 1 aromatic heterocycles. The summed E-state index contributed by atoms with van der Waals surface area (Å²) in [5.74, 6) is -1.31. The molecule has 48 heavy (non-hydrogen) atoms. The molecule has 3 radical (unpaired) electrons. The third-order valence-electron chi connectivity index (χ3n) is 4.30. The molecule has 0 spiro atoms. The molecule has 267 valence electrons. The Bertz CT molecular complexity index is 1130. The van der Waals surface area contributed by atoms with Crippen LogP contribution in [0.5, 0.6) is 34.5 Å². The maximum absolute atomic E-state index is 10.2. The van der Waals surface area contributed by atoms with Crippen LogP contribution in [0.2, 0.25) is 0 Å². The predicted octanol–water partition coefficient (Wildman–Crippen LogP) is 10.6. The first-order valence-corrected chi connectivity index (χ1v) is 14.6. The summed E-state index contributed by atoms with van der Waals surface area (Å²) in [7, 11) is 0. The minimum atomic E-state index is -0.289. The van der Waals surface area contributed by atoms with Gasteiger partial charge in [-0.15, -0.1) is 0 Å². The molecule has 6 N–H and O–H groups in total. The average Bonchev–Trinajstić information content (AvgIpc) is 3.03. The van der Waals surface area contributed by atoms with Crippen molar-refractivity contribution in [3.05, 3.63) is 76.9 Å². The van der Waals surface area contributed by atoms with E-state index in [1.54, 1.807) is 0 Å². The van der Waals surface area contributed by atoms with Gasteiger partial charge in [0.15, 0.2) is 17.5 Å². The van der Waals surface area contributed by atoms with Gasteiger partial charge in [-0.05, 0) is 36.4 Å². The molecule has 0 amide bonds. The zero-order chi connectivity index (χ0) is 33.4. The van der Waals surface area contributed by atoms with Gasteiger partial charge in [0.05, 0.1) is 16.7 Å². The van der Waals surface area contributed by atoms with Crippen LogP contribution in [0.1, 0.15) is 83.1 Å². The first kappa shape index (κ1) is 68.7. The summed E-state index contributed by atoms with van der Waals surface area (Å²) < 4.78 is 0. The van der Waals surface area contributed by atoms with Gasteiger partial charge in [-0.25, -0.2) is 15.0 Å². The molecule has 9 nitrogen and oxygen atoms in total. The molecule has 0 aliphatic rings.